The van der Waals surface area contributed by atoms with Gasteiger partial charge in [0.15, 0.2) is 11.3 Å². The average Bonchev–Trinajstić information content (AvgIpc) is 2.64. The van der Waals surface area contributed by atoms with E-state index in [4.69, 9.17) is 0 Å². The van der Waals surface area contributed by atoms with Crippen LogP contribution < -0.4 is 5.43 Å². The van der Waals surface area contributed by atoms with E-state index in [0.717, 1.165) is 0 Å². The normalized spacial score (nSPS) is 10.4. The number of hydrogen-bond acceptors (Lipinski definition) is 4. The van der Waals surface area contributed by atoms with Gasteiger partial charge >= 0.3 is 0 Å². The third kappa shape index (κ3) is 1.71. The quantitative estimate of drug-likeness (QED) is 0.696. The number of pyridine rings is 1. The summed E-state index contributed by atoms with van der Waals surface area (Å²) in [5.74, 6) is 0.591. The fourth-order valence-electron chi connectivity index (χ4n) is 1.17. The number of hydrogen-bond donors (Lipinski definition) is 0. The number of rotatable bonds is 2. The van der Waals surface area contributed by atoms with E-state index >= 15 is 0 Å². The Balaban J connectivity index is 2.26. The lowest BCUT2D eigenvalue weighted by Gasteiger charge is -2.02. The Morgan fingerprint density at radius 2 is 2.43 bits per heavy atom. The van der Waals surface area contributed by atoms with Gasteiger partial charge in [-0.25, -0.2) is 0 Å². The number of aromatic nitrogens is 3. The molecule has 0 bridgehead atoms. The van der Waals surface area contributed by atoms with E-state index in [-0.39, 0.29) is 5.43 Å². The molecule has 0 spiro atoms. The van der Waals surface area contributed by atoms with Crippen molar-refractivity contribution in [2.24, 2.45) is 0 Å². The molecular formula is C9H9N3O2. The van der Waals surface area contributed by atoms with Crippen LogP contribution in [0.15, 0.2) is 34.2 Å². The molecule has 2 aromatic heterocycles. The van der Waals surface area contributed by atoms with E-state index in [1.165, 1.54) is 12.5 Å². The maximum absolute atomic E-state index is 11.1. The molecule has 2 heterocycles. The van der Waals surface area contributed by atoms with E-state index in [1.54, 1.807) is 19.3 Å². The summed E-state index contributed by atoms with van der Waals surface area (Å²) in [7, 11) is 0. The van der Waals surface area contributed by atoms with Gasteiger partial charge in [-0.05, 0) is 6.92 Å². The Bertz CT molecular complexity index is 473. The van der Waals surface area contributed by atoms with E-state index in [1.807, 2.05) is 4.57 Å². The molecule has 0 atom stereocenters. The van der Waals surface area contributed by atoms with Crippen LogP contribution in [0.5, 0.6) is 0 Å². The first-order valence-electron chi connectivity index (χ1n) is 4.17. The Labute approximate surface area is 80.0 Å². The summed E-state index contributed by atoms with van der Waals surface area (Å²) in [6.07, 6.45) is 4.75. The monoisotopic (exact) mass is 191 g/mol. The van der Waals surface area contributed by atoms with Crippen molar-refractivity contribution in [2.75, 3.05) is 0 Å². The molecule has 0 aliphatic carbocycles. The topological polar surface area (TPSA) is 60.9 Å². The molecule has 0 aliphatic heterocycles. The van der Waals surface area contributed by atoms with Crippen LogP contribution in [0.1, 0.15) is 11.4 Å². The fourth-order valence-corrected chi connectivity index (χ4v) is 1.17. The molecule has 0 N–H and O–H groups in total. The smallest absolute Gasteiger partial charge is 0.213 e. The largest absolute Gasteiger partial charge is 0.346 e. The van der Waals surface area contributed by atoms with Crippen LogP contribution in [0.4, 0.5) is 0 Å². The van der Waals surface area contributed by atoms with Crippen molar-refractivity contribution in [3.05, 3.63) is 46.5 Å². The molecule has 5 nitrogen and oxygen atoms in total. The van der Waals surface area contributed by atoms with Crippen LogP contribution in [0.3, 0.4) is 0 Å². The van der Waals surface area contributed by atoms with Crippen molar-refractivity contribution in [3.8, 4) is 0 Å². The van der Waals surface area contributed by atoms with E-state index in [9.17, 15) is 4.79 Å². The second-order valence-electron chi connectivity index (χ2n) is 3.01. The molecule has 0 aromatic carbocycles. The van der Waals surface area contributed by atoms with E-state index in [0.29, 0.717) is 17.9 Å². The molecule has 2 aromatic rings. The van der Waals surface area contributed by atoms with E-state index < -0.39 is 0 Å². The van der Waals surface area contributed by atoms with E-state index in [2.05, 4.69) is 14.7 Å². The summed E-state index contributed by atoms with van der Waals surface area (Å²) in [6, 6.07) is 1.52. The van der Waals surface area contributed by atoms with Gasteiger partial charge in [-0.1, -0.05) is 5.16 Å². The minimum Gasteiger partial charge on any atom is -0.346 e. The molecule has 0 unspecified atom stereocenters. The van der Waals surface area contributed by atoms with Gasteiger partial charge < -0.3 is 9.09 Å². The van der Waals surface area contributed by atoms with Crippen LogP contribution in [-0.4, -0.2) is 14.7 Å². The molecular weight excluding hydrogens is 182 g/mol. The zero-order valence-electron chi connectivity index (χ0n) is 7.67. The second kappa shape index (κ2) is 3.45. The minimum absolute atomic E-state index is 0.0364. The fraction of sp³-hybridized carbons (Fsp3) is 0.222. The molecule has 2 rings (SSSR count). The van der Waals surface area contributed by atoms with Crippen LogP contribution in [-0.2, 0) is 6.54 Å². The third-order valence-electron chi connectivity index (χ3n) is 1.90. The maximum Gasteiger partial charge on any atom is 0.213 e. The van der Waals surface area contributed by atoms with Gasteiger partial charge in [0.2, 0.25) is 6.39 Å². The van der Waals surface area contributed by atoms with Crippen LogP contribution in [0.2, 0.25) is 0 Å². The zero-order valence-corrected chi connectivity index (χ0v) is 7.67. The number of aryl methyl sites for hydroxylation is 1. The molecule has 14 heavy (non-hydrogen) atoms. The lowest BCUT2D eigenvalue weighted by atomic mass is 10.3. The first kappa shape index (κ1) is 8.68. The lowest BCUT2D eigenvalue weighted by Crippen LogP contribution is -2.09. The first-order valence-corrected chi connectivity index (χ1v) is 4.17. The Morgan fingerprint density at radius 3 is 3.07 bits per heavy atom. The summed E-state index contributed by atoms with van der Waals surface area (Å²) in [5, 5.41) is 3.68. The molecule has 0 saturated carbocycles. The molecule has 0 radical (unpaired) electrons. The minimum atomic E-state index is 0.0364. The molecule has 0 saturated heterocycles. The van der Waals surface area contributed by atoms with Crippen molar-refractivity contribution in [1.82, 2.24) is 14.7 Å². The van der Waals surface area contributed by atoms with Crippen LogP contribution in [0, 0.1) is 6.92 Å². The van der Waals surface area contributed by atoms with Crippen LogP contribution in [0.25, 0.3) is 0 Å². The van der Waals surface area contributed by atoms with Crippen molar-refractivity contribution in [1.29, 1.82) is 0 Å². The zero-order chi connectivity index (χ0) is 9.97. The highest BCUT2D eigenvalue weighted by atomic mass is 16.5. The Hall–Kier alpha value is -1.91. The van der Waals surface area contributed by atoms with Crippen molar-refractivity contribution in [3.63, 3.8) is 0 Å². The van der Waals surface area contributed by atoms with Gasteiger partial charge in [-0.15, -0.1) is 0 Å². The lowest BCUT2D eigenvalue weighted by molar-refractivity contribution is 0.408. The average molecular weight is 191 g/mol. The maximum atomic E-state index is 11.1. The third-order valence-corrected chi connectivity index (χ3v) is 1.90. The molecule has 72 valence electrons. The van der Waals surface area contributed by atoms with Crippen molar-refractivity contribution in [2.45, 2.75) is 13.5 Å². The van der Waals surface area contributed by atoms with Gasteiger partial charge in [0.1, 0.15) is 0 Å². The molecule has 5 heteroatoms. The molecule has 0 aliphatic rings. The Kier molecular flexibility index (Phi) is 2.14. The van der Waals surface area contributed by atoms with Gasteiger partial charge in [0, 0.05) is 24.0 Å². The van der Waals surface area contributed by atoms with Crippen molar-refractivity contribution < 1.29 is 4.52 Å². The highest BCUT2D eigenvalue weighted by Crippen LogP contribution is 1.96. The van der Waals surface area contributed by atoms with Gasteiger partial charge in [0.05, 0.1) is 6.54 Å². The summed E-state index contributed by atoms with van der Waals surface area (Å²) in [6.45, 7) is 2.28. The van der Waals surface area contributed by atoms with Gasteiger partial charge in [-0.2, -0.15) is 4.98 Å². The van der Waals surface area contributed by atoms with Gasteiger partial charge in [-0.3, -0.25) is 4.79 Å². The number of nitrogens with zero attached hydrogens (tertiary/aromatic N) is 3. The SMILES string of the molecule is Cc1cn(Cc2ncon2)ccc1=O. The highest BCUT2D eigenvalue weighted by Gasteiger charge is 1.99. The molecule has 0 amide bonds. The summed E-state index contributed by atoms with van der Waals surface area (Å²) in [5.41, 5.74) is 0.741. The van der Waals surface area contributed by atoms with Crippen LogP contribution >= 0.6 is 0 Å². The standard InChI is InChI=1S/C9H9N3O2/c1-7-4-12(3-2-8(7)13)5-9-10-6-14-11-9/h2-4,6H,5H2,1H3. The second-order valence-corrected chi connectivity index (χ2v) is 3.01. The Morgan fingerprint density at radius 1 is 1.57 bits per heavy atom. The predicted molar refractivity (Wildman–Crippen MR) is 48.8 cm³/mol. The summed E-state index contributed by atoms with van der Waals surface area (Å²) in [4.78, 5) is 15.0. The van der Waals surface area contributed by atoms with Crippen molar-refractivity contribution >= 4 is 0 Å². The summed E-state index contributed by atoms with van der Waals surface area (Å²) < 4.78 is 6.44. The molecule has 0 fully saturated rings. The predicted octanol–water partition coefficient (Wildman–Crippen LogP) is 0.588. The highest BCUT2D eigenvalue weighted by molar-refractivity contribution is 5.08. The first-order chi connectivity index (χ1) is 6.75. The van der Waals surface area contributed by atoms with Gasteiger partial charge in [0.25, 0.3) is 0 Å². The summed E-state index contributed by atoms with van der Waals surface area (Å²) >= 11 is 0.